The van der Waals surface area contributed by atoms with Crippen LogP contribution in [0.15, 0.2) is 11.3 Å². The number of rotatable bonds is 2. The number of esters is 1. The van der Waals surface area contributed by atoms with Crippen LogP contribution in [-0.4, -0.2) is 29.9 Å². The molecule has 0 saturated heterocycles. The highest BCUT2D eigenvalue weighted by Gasteiger charge is 2.56. The van der Waals surface area contributed by atoms with Crippen LogP contribution in [0.4, 0.5) is 0 Å². The first kappa shape index (κ1) is 17.8. The molecule has 4 nitrogen and oxygen atoms in total. The molecule has 2 fully saturated rings. The van der Waals surface area contributed by atoms with E-state index in [0.29, 0.717) is 42.3 Å². The molecule has 0 bridgehead atoms. The standard InChI is InChI=1S/C20H32O4/c1-19(2,3)24-17-7-6-15-13-11-14(18(22)23-5)16(21)10-12(13)8-9-20(15,17)4/h12-13,15,17,21H,6-11H2,1-5H3/t12-,13-,15+,17+,20+/m0/s1. The Morgan fingerprint density at radius 2 is 1.92 bits per heavy atom. The van der Waals surface area contributed by atoms with Gasteiger partial charge in [-0.15, -0.1) is 0 Å². The number of methoxy groups -OCH3 is 1. The zero-order valence-corrected chi connectivity index (χ0v) is 15.7. The summed E-state index contributed by atoms with van der Waals surface area (Å²) < 4.78 is 11.3. The number of carbonyl (C=O) groups is 1. The lowest BCUT2D eigenvalue weighted by atomic mass is 9.56. The molecule has 0 aliphatic heterocycles. The van der Waals surface area contributed by atoms with Gasteiger partial charge in [0.2, 0.25) is 0 Å². The molecule has 0 unspecified atom stereocenters. The molecule has 0 radical (unpaired) electrons. The SMILES string of the molecule is COC(=O)C1=C(O)C[C@@H]2CC[C@]3(C)[C@H](CC[C@H]3OC(C)(C)C)[C@H]2C1. The summed E-state index contributed by atoms with van der Waals surface area (Å²) in [6.07, 6.45) is 6.11. The van der Waals surface area contributed by atoms with Crippen LogP contribution in [0.2, 0.25) is 0 Å². The fourth-order valence-electron chi connectivity index (χ4n) is 5.55. The first-order valence-electron chi connectivity index (χ1n) is 9.33. The van der Waals surface area contributed by atoms with E-state index in [1.54, 1.807) is 0 Å². The smallest absolute Gasteiger partial charge is 0.337 e. The van der Waals surface area contributed by atoms with E-state index < -0.39 is 0 Å². The van der Waals surface area contributed by atoms with Gasteiger partial charge in [0.25, 0.3) is 0 Å². The Morgan fingerprint density at radius 3 is 2.54 bits per heavy atom. The summed E-state index contributed by atoms with van der Waals surface area (Å²) >= 11 is 0. The van der Waals surface area contributed by atoms with E-state index in [0.717, 1.165) is 25.7 Å². The normalized spacial score (nSPS) is 39.4. The quantitative estimate of drug-likeness (QED) is 0.760. The van der Waals surface area contributed by atoms with Crippen LogP contribution >= 0.6 is 0 Å². The maximum absolute atomic E-state index is 12.0. The van der Waals surface area contributed by atoms with E-state index in [2.05, 4.69) is 27.7 Å². The van der Waals surface area contributed by atoms with Crippen LogP contribution in [0, 0.1) is 23.2 Å². The number of aliphatic hydroxyl groups excluding tert-OH is 1. The predicted octanol–water partition coefficient (Wildman–Crippen LogP) is 4.39. The fourth-order valence-corrected chi connectivity index (χ4v) is 5.55. The van der Waals surface area contributed by atoms with E-state index in [1.165, 1.54) is 7.11 Å². The minimum absolute atomic E-state index is 0.124. The molecule has 0 aromatic rings. The van der Waals surface area contributed by atoms with Gasteiger partial charge in [0.05, 0.1) is 24.4 Å². The van der Waals surface area contributed by atoms with Gasteiger partial charge >= 0.3 is 5.97 Å². The van der Waals surface area contributed by atoms with Crippen molar-refractivity contribution < 1.29 is 19.4 Å². The molecule has 3 aliphatic carbocycles. The Morgan fingerprint density at radius 1 is 1.21 bits per heavy atom. The second kappa shape index (κ2) is 6.05. The van der Waals surface area contributed by atoms with Crippen molar-refractivity contribution in [2.45, 2.75) is 77.9 Å². The van der Waals surface area contributed by atoms with Crippen LogP contribution in [0.1, 0.15) is 66.2 Å². The highest BCUT2D eigenvalue weighted by atomic mass is 16.5. The van der Waals surface area contributed by atoms with Crippen molar-refractivity contribution in [1.29, 1.82) is 0 Å². The van der Waals surface area contributed by atoms with Gasteiger partial charge in [-0.2, -0.15) is 0 Å². The molecule has 0 amide bonds. The minimum Gasteiger partial charge on any atom is -0.512 e. The van der Waals surface area contributed by atoms with Crippen LogP contribution in [0.25, 0.3) is 0 Å². The zero-order valence-electron chi connectivity index (χ0n) is 15.7. The molecule has 5 atom stereocenters. The van der Waals surface area contributed by atoms with Crippen molar-refractivity contribution in [3.8, 4) is 0 Å². The summed E-state index contributed by atoms with van der Waals surface area (Å²) in [4.78, 5) is 12.0. The molecule has 0 aromatic carbocycles. The summed E-state index contributed by atoms with van der Waals surface area (Å²) in [7, 11) is 1.39. The maximum Gasteiger partial charge on any atom is 0.337 e. The number of hydrogen-bond acceptors (Lipinski definition) is 4. The number of aliphatic hydroxyl groups is 1. The van der Waals surface area contributed by atoms with Crippen molar-refractivity contribution in [2.24, 2.45) is 23.2 Å². The van der Waals surface area contributed by atoms with Gasteiger partial charge in [-0.1, -0.05) is 6.92 Å². The van der Waals surface area contributed by atoms with Gasteiger partial charge in [0.1, 0.15) is 5.76 Å². The first-order chi connectivity index (χ1) is 11.2. The van der Waals surface area contributed by atoms with Crippen molar-refractivity contribution >= 4 is 5.97 Å². The van der Waals surface area contributed by atoms with Gasteiger partial charge in [-0.25, -0.2) is 4.79 Å². The van der Waals surface area contributed by atoms with Crippen molar-refractivity contribution in [3.05, 3.63) is 11.3 Å². The van der Waals surface area contributed by atoms with Gasteiger partial charge in [0.15, 0.2) is 0 Å². The largest absolute Gasteiger partial charge is 0.512 e. The second-order valence-corrected chi connectivity index (χ2v) is 9.20. The number of carbonyl (C=O) groups excluding carboxylic acids is 1. The Balaban J connectivity index is 1.83. The third-order valence-electron chi connectivity index (χ3n) is 6.67. The number of ether oxygens (including phenoxy) is 2. The average Bonchev–Trinajstić information content (AvgIpc) is 2.81. The van der Waals surface area contributed by atoms with Gasteiger partial charge in [0, 0.05) is 6.42 Å². The molecule has 0 aromatic heterocycles. The van der Waals surface area contributed by atoms with Gasteiger partial charge < -0.3 is 14.6 Å². The average molecular weight is 336 g/mol. The van der Waals surface area contributed by atoms with E-state index in [-0.39, 0.29) is 22.7 Å². The topological polar surface area (TPSA) is 55.8 Å². The van der Waals surface area contributed by atoms with Gasteiger partial charge in [-0.3, -0.25) is 0 Å². The summed E-state index contributed by atoms with van der Waals surface area (Å²) in [5.74, 6) is 1.41. The van der Waals surface area contributed by atoms with Crippen LogP contribution in [0.5, 0.6) is 0 Å². The first-order valence-corrected chi connectivity index (χ1v) is 9.33. The lowest BCUT2D eigenvalue weighted by Gasteiger charge is -2.50. The molecule has 0 spiro atoms. The summed E-state index contributed by atoms with van der Waals surface area (Å²) in [6.45, 7) is 8.78. The number of hydrogen-bond donors (Lipinski definition) is 1. The predicted molar refractivity (Wildman–Crippen MR) is 92.6 cm³/mol. The Hall–Kier alpha value is -1.03. The Bertz CT molecular complexity index is 544. The Labute approximate surface area is 145 Å². The highest BCUT2D eigenvalue weighted by Crippen LogP contribution is 2.60. The van der Waals surface area contributed by atoms with Crippen molar-refractivity contribution in [3.63, 3.8) is 0 Å². The third kappa shape index (κ3) is 2.98. The van der Waals surface area contributed by atoms with Crippen molar-refractivity contribution in [2.75, 3.05) is 7.11 Å². The lowest BCUT2D eigenvalue weighted by Crippen LogP contribution is -2.47. The molecule has 4 heteroatoms. The fraction of sp³-hybridized carbons (Fsp3) is 0.850. The molecule has 0 heterocycles. The minimum atomic E-state index is -0.362. The molecule has 136 valence electrons. The molecule has 2 saturated carbocycles. The highest BCUT2D eigenvalue weighted by molar-refractivity contribution is 5.89. The van der Waals surface area contributed by atoms with E-state index in [1.807, 2.05) is 0 Å². The maximum atomic E-state index is 12.0. The molecule has 3 rings (SSSR count). The van der Waals surface area contributed by atoms with E-state index in [4.69, 9.17) is 9.47 Å². The van der Waals surface area contributed by atoms with Crippen molar-refractivity contribution in [1.82, 2.24) is 0 Å². The lowest BCUT2D eigenvalue weighted by molar-refractivity contribution is -0.139. The monoisotopic (exact) mass is 336 g/mol. The van der Waals surface area contributed by atoms with Crippen LogP contribution in [-0.2, 0) is 14.3 Å². The number of allylic oxidation sites excluding steroid dienone is 1. The summed E-state index contributed by atoms with van der Waals surface area (Å²) in [6, 6.07) is 0. The summed E-state index contributed by atoms with van der Waals surface area (Å²) in [5.41, 5.74) is 0.562. The Kier molecular flexibility index (Phi) is 4.48. The molecular weight excluding hydrogens is 304 g/mol. The third-order valence-corrected chi connectivity index (χ3v) is 6.67. The molecule has 24 heavy (non-hydrogen) atoms. The van der Waals surface area contributed by atoms with E-state index in [9.17, 15) is 9.90 Å². The van der Waals surface area contributed by atoms with Gasteiger partial charge in [-0.05, 0) is 76.0 Å². The zero-order chi connectivity index (χ0) is 17.7. The number of fused-ring (bicyclic) bond motifs is 3. The van der Waals surface area contributed by atoms with Crippen LogP contribution < -0.4 is 0 Å². The van der Waals surface area contributed by atoms with Crippen LogP contribution in [0.3, 0.4) is 0 Å². The molecular formula is C20H32O4. The van der Waals surface area contributed by atoms with E-state index >= 15 is 0 Å². The summed E-state index contributed by atoms with van der Waals surface area (Å²) in [5, 5.41) is 10.3. The molecule has 3 aliphatic rings. The second-order valence-electron chi connectivity index (χ2n) is 9.20. The molecule has 1 N–H and O–H groups in total.